The Balaban J connectivity index is 1.48. The topological polar surface area (TPSA) is 134 Å². The molecule has 0 atom stereocenters. The third-order valence-corrected chi connectivity index (χ3v) is 5.71. The molecule has 0 spiro atoms. The van der Waals surface area contributed by atoms with Crippen molar-refractivity contribution < 1.29 is 33.5 Å². The minimum Gasteiger partial charge on any atom is -0.486 e. The van der Waals surface area contributed by atoms with Gasteiger partial charge in [-0.1, -0.05) is 24.3 Å². The molecule has 184 valence electrons. The Morgan fingerprint density at radius 1 is 0.972 bits per heavy atom. The van der Waals surface area contributed by atoms with Gasteiger partial charge in [0.05, 0.1) is 10.5 Å². The standard InChI is InChI=1S/C26H22N2O8/c1-15-7-9-20(28(32)33)24(16(15)2)27-23(29)14-36-26(31)19-6-4-3-5-18(19)25(30)17-8-10-21-22(13-17)35-12-11-34-21/h3-10,13H,11-12,14H2,1-2H3,(H,27,29). The first-order valence-electron chi connectivity index (χ1n) is 11.0. The summed E-state index contributed by atoms with van der Waals surface area (Å²) in [6, 6.07) is 13.7. The Kier molecular flexibility index (Phi) is 6.95. The Bertz CT molecular complexity index is 1380. The molecule has 1 amide bonds. The largest absolute Gasteiger partial charge is 0.486 e. The zero-order chi connectivity index (χ0) is 25.8. The van der Waals surface area contributed by atoms with Crippen LogP contribution in [0.5, 0.6) is 11.5 Å². The maximum absolute atomic E-state index is 13.2. The number of carbonyl (C=O) groups is 3. The summed E-state index contributed by atoms with van der Waals surface area (Å²) in [4.78, 5) is 49.1. The number of nitro groups is 1. The van der Waals surface area contributed by atoms with Gasteiger partial charge in [-0.3, -0.25) is 19.7 Å². The van der Waals surface area contributed by atoms with Crippen LogP contribution in [0.2, 0.25) is 0 Å². The Morgan fingerprint density at radius 2 is 1.67 bits per heavy atom. The van der Waals surface area contributed by atoms with Gasteiger partial charge < -0.3 is 19.5 Å². The van der Waals surface area contributed by atoms with Crippen molar-refractivity contribution in [1.82, 2.24) is 0 Å². The number of hydrogen-bond donors (Lipinski definition) is 1. The highest BCUT2D eigenvalue weighted by Crippen LogP contribution is 2.32. The molecular weight excluding hydrogens is 468 g/mol. The lowest BCUT2D eigenvalue weighted by Gasteiger charge is -2.18. The highest BCUT2D eigenvalue weighted by Gasteiger charge is 2.23. The number of anilines is 1. The molecule has 0 radical (unpaired) electrons. The van der Waals surface area contributed by atoms with E-state index >= 15 is 0 Å². The van der Waals surface area contributed by atoms with Crippen molar-refractivity contribution in [2.75, 3.05) is 25.1 Å². The Morgan fingerprint density at radius 3 is 2.39 bits per heavy atom. The van der Waals surface area contributed by atoms with Crippen LogP contribution in [0, 0.1) is 24.0 Å². The molecule has 3 aromatic rings. The predicted octanol–water partition coefficient (Wildman–Crippen LogP) is 4.01. The summed E-state index contributed by atoms with van der Waals surface area (Å²) in [7, 11) is 0. The maximum Gasteiger partial charge on any atom is 0.339 e. The van der Waals surface area contributed by atoms with Crippen molar-refractivity contribution in [3.63, 3.8) is 0 Å². The van der Waals surface area contributed by atoms with Crippen LogP contribution < -0.4 is 14.8 Å². The molecule has 0 saturated carbocycles. The van der Waals surface area contributed by atoms with Crippen molar-refractivity contribution in [2.45, 2.75) is 13.8 Å². The second-order valence-corrected chi connectivity index (χ2v) is 8.02. The van der Waals surface area contributed by atoms with Crippen LogP contribution in [-0.2, 0) is 9.53 Å². The summed E-state index contributed by atoms with van der Waals surface area (Å²) in [6.45, 7) is 3.48. The minimum atomic E-state index is -0.887. The van der Waals surface area contributed by atoms with Gasteiger partial charge in [-0.2, -0.15) is 0 Å². The van der Waals surface area contributed by atoms with E-state index in [-0.39, 0.29) is 22.5 Å². The molecule has 1 heterocycles. The fourth-order valence-electron chi connectivity index (χ4n) is 3.70. The molecule has 0 aromatic heterocycles. The molecular formula is C26H22N2O8. The average Bonchev–Trinajstić information content (AvgIpc) is 2.89. The minimum absolute atomic E-state index is 0.0251. The maximum atomic E-state index is 13.2. The number of benzene rings is 3. The molecule has 4 rings (SSSR count). The smallest absolute Gasteiger partial charge is 0.339 e. The van der Waals surface area contributed by atoms with Crippen molar-refractivity contribution in [1.29, 1.82) is 0 Å². The number of rotatable bonds is 7. The van der Waals surface area contributed by atoms with Gasteiger partial charge in [-0.05, 0) is 49.2 Å². The molecule has 1 aliphatic rings. The first kappa shape index (κ1) is 24.4. The SMILES string of the molecule is Cc1ccc([N+](=O)[O-])c(NC(=O)COC(=O)c2ccccc2C(=O)c2ccc3c(c2)OCCO3)c1C. The van der Waals surface area contributed by atoms with Crippen molar-refractivity contribution in [3.05, 3.63) is 92.5 Å². The zero-order valence-electron chi connectivity index (χ0n) is 19.5. The van der Waals surface area contributed by atoms with Crippen molar-refractivity contribution in [3.8, 4) is 11.5 Å². The van der Waals surface area contributed by atoms with E-state index in [2.05, 4.69) is 5.32 Å². The number of ether oxygens (including phenoxy) is 3. The first-order valence-corrected chi connectivity index (χ1v) is 11.0. The molecule has 1 aliphatic heterocycles. The van der Waals surface area contributed by atoms with Crippen LogP contribution in [0.25, 0.3) is 0 Å². The van der Waals surface area contributed by atoms with Crippen LogP contribution in [-0.4, -0.2) is 42.4 Å². The van der Waals surface area contributed by atoms with Crippen LogP contribution in [0.15, 0.2) is 54.6 Å². The first-order chi connectivity index (χ1) is 17.3. The second-order valence-electron chi connectivity index (χ2n) is 8.02. The number of amides is 1. The van der Waals surface area contributed by atoms with Gasteiger partial charge >= 0.3 is 5.97 Å². The second kappa shape index (κ2) is 10.3. The third-order valence-electron chi connectivity index (χ3n) is 5.71. The lowest BCUT2D eigenvalue weighted by molar-refractivity contribution is -0.384. The lowest BCUT2D eigenvalue weighted by Crippen LogP contribution is -2.23. The molecule has 0 fully saturated rings. The molecule has 3 aromatic carbocycles. The van der Waals surface area contributed by atoms with Gasteiger partial charge in [-0.15, -0.1) is 0 Å². The normalized spacial score (nSPS) is 11.9. The number of aryl methyl sites for hydroxylation is 1. The summed E-state index contributed by atoms with van der Waals surface area (Å²) in [6.07, 6.45) is 0. The lowest BCUT2D eigenvalue weighted by atomic mass is 9.98. The van der Waals surface area contributed by atoms with E-state index in [9.17, 15) is 24.5 Å². The number of carbonyl (C=O) groups excluding carboxylic acids is 3. The summed E-state index contributed by atoms with van der Waals surface area (Å²) in [5, 5.41) is 13.8. The number of nitro benzene ring substituents is 1. The molecule has 10 heteroatoms. The van der Waals surface area contributed by atoms with E-state index in [0.717, 1.165) is 5.56 Å². The predicted molar refractivity (Wildman–Crippen MR) is 129 cm³/mol. The molecule has 0 aliphatic carbocycles. The number of nitrogens with zero attached hydrogens (tertiary/aromatic N) is 1. The Hall–Kier alpha value is -4.73. The van der Waals surface area contributed by atoms with Gasteiger partial charge in [0.15, 0.2) is 23.9 Å². The highest BCUT2D eigenvalue weighted by atomic mass is 16.6. The Labute approximate surface area is 205 Å². The summed E-state index contributed by atoms with van der Waals surface area (Å²) in [5.74, 6) is -1.11. The summed E-state index contributed by atoms with van der Waals surface area (Å²) < 4.78 is 16.1. The quantitative estimate of drug-likeness (QED) is 0.227. The number of nitrogens with one attached hydrogen (secondary N) is 1. The van der Waals surface area contributed by atoms with Gasteiger partial charge in [0.1, 0.15) is 18.9 Å². The van der Waals surface area contributed by atoms with Crippen LogP contribution >= 0.6 is 0 Å². The fourth-order valence-corrected chi connectivity index (χ4v) is 3.70. The molecule has 0 bridgehead atoms. The molecule has 1 N–H and O–H groups in total. The van der Waals surface area contributed by atoms with E-state index in [1.54, 1.807) is 50.2 Å². The molecule has 10 nitrogen and oxygen atoms in total. The summed E-state index contributed by atoms with van der Waals surface area (Å²) >= 11 is 0. The van der Waals surface area contributed by atoms with Crippen LogP contribution in [0.1, 0.15) is 37.4 Å². The van der Waals surface area contributed by atoms with E-state index < -0.39 is 29.2 Å². The summed E-state index contributed by atoms with van der Waals surface area (Å²) in [5.41, 5.74) is 1.40. The number of fused-ring (bicyclic) bond motifs is 1. The van der Waals surface area contributed by atoms with Crippen LogP contribution in [0.3, 0.4) is 0 Å². The van der Waals surface area contributed by atoms with Gasteiger partial charge in [0.2, 0.25) is 0 Å². The zero-order valence-corrected chi connectivity index (χ0v) is 19.5. The van der Waals surface area contributed by atoms with E-state index in [4.69, 9.17) is 14.2 Å². The third kappa shape index (κ3) is 5.02. The van der Waals surface area contributed by atoms with E-state index in [1.165, 1.54) is 18.2 Å². The number of ketones is 1. The van der Waals surface area contributed by atoms with Gasteiger partial charge in [-0.25, -0.2) is 4.79 Å². The van der Waals surface area contributed by atoms with E-state index in [1.807, 2.05) is 0 Å². The highest BCUT2D eigenvalue weighted by molar-refractivity contribution is 6.14. The van der Waals surface area contributed by atoms with Crippen LogP contribution in [0.4, 0.5) is 11.4 Å². The van der Waals surface area contributed by atoms with Gasteiger partial charge in [0.25, 0.3) is 11.6 Å². The molecule has 0 saturated heterocycles. The van der Waals surface area contributed by atoms with Crippen molar-refractivity contribution in [2.24, 2.45) is 0 Å². The molecule has 0 unspecified atom stereocenters. The van der Waals surface area contributed by atoms with E-state index in [0.29, 0.717) is 35.8 Å². The number of esters is 1. The van der Waals surface area contributed by atoms with Crippen molar-refractivity contribution >= 4 is 29.0 Å². The average molecular weight is 490 g/mol. The fraction of sp³-hybridized carbons (Fsp3) is 0.192. The van der Waals surface area contributed by atoms with Gasteiger partial charge in [0, 0.05) is 17.2 Å². The number of hydrogen-bond acceptors (Lipinski definition) is 8. The molecule has 36 heavy (non-hydrogen) atoms. The monoisotopic (exact) mass is 490 g/mol.